The summed E-state index contributed by atoms with van der Waals surface area (Å²) in [6.45, 7) is 4.11. The van der Waals surface area contributed by atoms with Crippen LogP contribution in [-0.4, -0.2) is 9.38 Å². The van der Waals surface area contributed by atoms with Crippen LogP contribution in [0.2, 0.25) is 0 Å². The fourth-order valence-electron chi connectivity index (χ4n) is 2.41. The lowest BCUT2D eigenvalue weighted by molar-refractivity contribution is 0.506. The molecule has 1 aliphatic heterocycles. The van der Waals surface area contributed by atoms with E-state index in [-0.39, 0.29) is 0 Å². The maximum absolute atomic E-state index is 5.97. The van der Waals surface area contributed by atoms with Crippen LogP contribution >= 0.6 is 15.9 Å². The number of ether oxygens (including phenoxy) is 1. The fraction of sp³-hybridized carbons (Fsp3) is 0. The highest BCUT2D eigenvalue weighted by Gasteiger charge is 2.18. The lowest BCUT2D eigenvalue weighted by atomic mass is 10.0. The Morgan fingerprint density at radius 2 is 2.14 bits per heavy atom. The highest BCUT2D eigenvalue weighted by atomic mass is 79.9. The van der Waals surface area contributed by atoms with Crippen LogP contribution in [0.5, 0.6) is 5.75 Å². The number of rotatable bonds is 1. The average molecular weight is 339 g/mol. The van der Waals surface area contributed by atoms with E-state index in [0.717, 1.165) is 32.6 Å². The van der Waals surface area contributed by atoms with E-state index in [1.807, 2.05) is 59.4 Å². The van der Waals surface area contributed by atoms with Gasteiger partial charge in [-0.1, -0.05) is 22.5 Å². The Balaban J connectivity index is 1.80. The number of allylic oxidation sites excluding steroid dienone is 2. The molecule has 21 heavy (non-hydrogen) atoms. The van der Waals surface area contributed by atoms with Gasteiger partial charge in [-0.3, -0.25) is 0 Å². The SMILES string of the molecule is C=C1C=C(c2cn3cccc3cn2)Oc2ccc(Br)cc21. The number of hydrogen-bond acceptors (Lipinski definition) is 2. The minimum absolute atomic E-state index is 0.713. The van der Waals surface area contributed by atoms with Crippen LogP contribution < -0.4 is 4.74 Å². The van der Waals surface area contributed by atoms with Crippen molar-refractivity contribution >= 4 is 32.8 Å². The van der Waals surface area contributed by atoms with Gasteiger partial charge in [0.25, 0.3) is 0 Å². The first-order valence-electron chi connectivity index (χ1n) is 6.52. The standard InChI is InChI=1S/C17H11BrN2O/c1-11-7-17(21-16-5-4-12(18)8-14(11)16)15-10-20-6-2-3-13(20)9-19-15/h2-10H,1H2. The van der Waals surface area contributed by atoms with E-state index in [1.165, 1.54) is 0 Å². The average Bonchev–Trinajstić information content (AvgIpc) is 2.95. The highest BCUT2D eigenvalue weighted by Crippen LogP contribution is 2.37. The number of hydrogen-bond donors (Lipinski definition) is 0. The van der Waals surface area contributed by atoms with Gasteiger partial charge in [-0.25, -0.2) is 4.98 Å². The predicted octanol–water partition coefficient (Wildman–Crippen LogP) is 4.54. The van der Waals surface area contributed by atoms with Crippen molar-refractivity contribution in [1.29, 1.82) is 0 Å². The Morgan fingerprint density at radius 3 is 3.05 bits per heavy atom. The van der Waals surface area contributed by atoms with Crippen LogP contribution in [-0.2, 0) is 0 Å². The van der Waals surface area contributed by atoms with Gasteiger partial charge >= 0.3 is 0 Å². The van der Waals surface area contributed by atoms with Gasteiger partial charge in [0, 0.05) is 22.4 Å². The number of fused-ring (bicyclic) bond motifs is 2. The summed E-state index contributed by atoms with van der Waals surface area (Å²) in [5, 5.41) is 0. The fourth-order valence-corrected chi connectivity index (χ4v) is 2.78. The molecule has 0 atom stereocenters. The van der Waals surface area contributed by atoms with Gasteiger partial charge in [0.15, 0.2) is 5.76 Å². The Labute approximate surface area is 130 Å². The Morgan fingerprint density at radius 1 is 1.24 bits per heavy atom. The molecule has 0 spiro atoms. The lowest BCUT2D eigenvalue weighted by Crippen LogP contribution is -2.05. The molecule has 0 N–H and O–H groups in total. The summed E-state index contributed by atoms with van der Waals surface area (Å²) < 4.78 is 9.00. The van der Waals surface area contributed by atoms with Gasteiger partial charge in [0.2, 0.25) is 0 Å². The van der Waals surface area contributed by atoms with Crippen molar-refractivity contribution < 1.29 is 4.74 Å². The topological polar surface area (TPSA) is 26.5 Å². The van der Waals surface area contributed by atoms with Crippen LogP contribution in [0.15, 0.2) is 66.1 Å². The summed E-state index contributed by atoms with van der Waals surface area (Å²) in [7, 11) is 0. The smallest absolute Gasteiger partial charge is 0.155 e. The second-order valence-electron chi connectivity index (χ2n) is 4.89. The van der Waals surface area contributed by atoms with Crippen LogP contribution in [0, 0.1) is 0 Å². The highest BCUT2D eigenvalue weighted by molar-refractivity contribution is 9.10. The minimum atomic E-state index is 0.713. The quantitative estimate of drug-likeness (QED) is 0.651. The predicted molar refractivity (Wildman–Crippen MR) is 87.0 cm³/mol. The third kappa shape index (κ3) is 2.08. The van der Waals surface area contributed by atoms with Crippen LogP contribution in [0.25, 0.3) is 16.8 Å². The number of benzene rings is 1. The first kappa shape index (κ1) is 12.4. The number of halogens is 1. The van der Waals surface area contributed by atoms with E-state index in [9.17, 15) is 0 Å². The van der Waals surface area contributed by atoms with Crippen LogP contribution in [0.4, 0.5) is 0 Å². The summed E-state index contributed by atoms with van der Waals surface area (Å²) in [5.41, 5.74) is 3.75. The number of nitrogens with zero attached hydrogens (tertiary/aromatic N) is 2. The minimum Gasteiger partial charge on any atom is -0.454 e. The van der Waals surface area contributed by atoms with Crippen molar-refractivity contribution in [2.24, 2.45) is 0 Å². The van der Waals surface area contributed by atoms with Gasteiger partial charge in [0.05, 0.1) is 11.7 Å². The summed E-state index contributed by atoms with van der Waals surface area (Å²) in [5.74, 6) is 1.51. The molecular formula is C17H11BrN2O. The Kier molecular flexibility index (Phi) is 2.72. The number of aromatic nitrogens is 2. The molecular weight excluding hydrogens is 328 g/mol. The largest absolute Gasteiger partial charge is 0.454 e. The Bertz CT molecular complexity index is 908. The molecule has 0 saturated heterocycles. The third-order valence-corrected chi connectivity index (χ3v) is 3.97. The molecule has 0 radical (unpaired) electrons. The maximum Gasteiger partial charge on any atom is 0.155 e. The maximum atomic E-state index is 5.97. The van der Waals surface area contributed by atoms with Crippen molar-refractivity contribution in [3.63, 3.8) is 0 Å². The van der Waals surface area contributed by atoms with Gasteiger partial charge in [-0.15, -0.1) is 0 Å². The van der Waals surface area contributed by atoms with E-state index in [2.05, 4.69) is 27.5 Å². The molecule has 0 aliphatic carbocycles. The first-order chi connectivity index (χ1) is 10.2. The summed E-state index contributed by atoms with van der Waals surface area (Å²) in [6.07, 6.45) is 7.70. The molecule has 0 bridgehead atoms. The Hall–Kier alpha value is -2.33. The molecule has 3 heterocycles. The van der Waals surface area contributed by atoms with Crippen LogP contribution in [0.1, 0.15) is 11.3 Å². The molecule has 102 valence electrons. The molecule has 0 unspecified atom stereocenters. The molecule has 1 aliphatic rings. The van der Waals surface area contributed by atoms with Gasteiger partial charge in [-0.2, -0.15) is 0 Å². The van der Waals surface area contributed by atoms with Crippen LogP contribution in [0.3, 0.4) is 0 Å². The first-order valence-corrected chi connectivity index (χ1v) is 7.31. The van der Waals surface area contributed by atoms with E-state index < -0.39 is 0 Å². The van der Waals surface area contributed by atoms with Gasteiger partial charge < -0.3 is 9.14 Å². The third-order valence-electron chi connectivity index (χ3n) is 3.47. The van der Waals surface area contributed by atoms with E-state index in [1.54, 1.807) is 0 Å². The van der Waals surface area contributed by atoms with Crippen molar-refractivity contribution in [1.82, 2.24) is 9.38 Å². The van der Waals surface area contributed by atoms with Crippen molar-refractivity contribution in [2.45, 2.75) is 0 Å². The monoisotopic (exact) mass is 338 g/mol. The van der Waals surface area contributed by atoms with E-state index in [0.29, 0.717) is 5.76 Å². The summed E-state index contributed by atoms with van der Waals surface area (Å²) in [6, 6.07) is 9.90. The summed E-state index contributed by atoms with van der Waals surface area (Å²) >= 11 is 3.47. The van der Waals surface area contributed by atoms with E-state index >= 15 is 0 Å². The van der Waals surface area contributed by atoms with Gasteiger partial charge in [0.1, 0.15) is 11.4 Å². The molecule has 3 nitrogen and oxygen atoms in total. The van der Waals surface area contributed by atoms with Crippen molar-refractivity contribution in [3.8, 4) is 5.75 Å². The normalized spacial score (nSPS) is 13.8. The zero-order valence-corrected chi connectivity index (χ0v) is 12.7. The molecule has 4 heteroatoms. The van der Waals surface area contributed by atoms with Crippen molar-refractivity contribution in [2.75, 3.05) is 0 Å². The molecule has 4 rings (SSSR count). The van der Waals surface area contributed by atoms with Gasteiger partial charge in [-0.05, 0) is 42.0 Å². The molecule has 0 fully saturated rings. The van der Waals surface area contributed by atoms with E-state index in [4.69, 9.17) is 4.74 Å². The molecule has 0 saturated carbocycles. The lowest BCUT2D eigenvalue weighted by Gasteiger charge is -2.19. The molecule has 2 aromatic heterocycles. The molecule has 0 amide bonds. The second-order valence-corrected chi connectivity index (χ2v) is 5.80. The van der Waals surface area contributed by atoms with Crippen molar-refractivity contribution in [3.05, 3.63) is 77.3 Å². The summed E-state index contributed by atoms with van der Waals surface area (Å²) in [4.78, 5) is 4.46. The zero-order valence-electron chi connectivity index (χ0n) is 11.1. The second kappa shape index (κ2) is 4.60. The zero-order chi connectivity index (χ0) is 14.4. The molecule has 1 aromatic carbocycles. The molecule has 3 aromatic rings.